The van der Waals surface area contributed by atoms with Gasteiger partial charge in [0.25, 0.3) is 0 Å². The fourth-order valence-corrected chi connectivity index (χ4v) is 6.44. The fourth-order valence-electron chi connectivity index (χ4n) is 3.50. The SMILES string of the molecule is CCCOc1ccc(S(=O)(=O)N2CCCN(S(=O)(=O)c3ccc(OCCC)cc3)CC2)cc1. The van der Waals surface area contributed by atoms with Gasteiger partial charge in [-0.05, 0) is 67.8 Å². The Morgan fingerprint density at radius 1 is 0.636 bits per heavy atom. The highest BCUT2D eigenvalue weighted by Crippen LogP contribution is 2.24. The van der Waals surface area contributed by atoms with Gasteiger partial charge in [0.2, 0.25) is 20.0 Å². The average molecular weight is 497 g/mol. The van der Waals surface area contributed by atoms with Crippen molar-refractivity contribution in [1.82, 2.24) is 8.61 Å². The predicted molar refractivity (Wildman–Crippen MR) is 127 cm³/mol. The predicted octanol–water partition coefficient (Wildman–Crippen LogP) is 3.35. The Balaban J connectivity index is 1.69. The topological polar surface area (TPSA) is 93.2 Å². The van der Waals surface area contributed by atoms with E-state index in [2.05, 4.69) is 0 Å². The summed E-state index contributed by atoms with van der Waals surface area (Å²) in [5.74, 6) is 1.24. The molecule has 0 N–H and O–H groups in total. The summed E-state index contributed by atoms with van der Waals surface area (Å²) < 4.78 is 66.2. The van der Waals surface area contributed by atoms with Crippen LogP contribution in [0.1, 0.15) is 33.1 Å². The molecule has 1 aliphatic rings. The third kappa shape index (κ3) is 6.26. The van der Waals surface area contributed by atoms with Gasteiger partial charge in [0.05, 0.1) is 23.0 Å². The average Bonchev–Trinajstić information content (AvgIpc) is 3.09. The van der Waals surface area contributed by atoms with E-state index in [1.165, 1.54) is 32.9 Å². The number of ether oxygens (including phenoxy) is 2. The molecule has 0 unspecified atom stereocenters. The minimum Gasteiger partial charge on any atom is -0.494 e. The molecular weight excluding hydrogens is 464 g/mol. The van der Waals surface area contributed by atoms with Gasteiger partial charge in [0.1, 0.15) is 11.5 Å². The van der Waals surface area contributed by atoms with E-state index in [4.69, 9.17) is 9.47 Å². The van der Waals surface area contributed by atoms with Crippen molar-refractivity contribution in [2.45, 2.75) is 42.9 Å². The van der Waals surface area contributed by atoms with Crippen molar-refractivity contribution in [2.24, 2.45) is 0 Å². The van der Waals surface area contributed by atoms with Gasteiger partial charge in [0.15, 0.2) is 0 Å². The number of sulfonamides is 2. The number of hydrogen-bond donors (Lipinski definition) is 0. The molecule has 8 nitrogen and oxygen atoms in total. The molecule has 3 rings (SSSR count). The molecule has 33 heavy (non-hydrogen) atoms. The Morgan fingerprint density at radius 2 is 1.00 bits per heavy atom. The third-order valence-corrected chi connectivity index (χ3v) is 9.11. The maximum atomic E-state index is 13.1. The van der Waals surface area contributed by atoms with E-state index >= 15 is 0 Å². The molecular formula is C23H32N2O6S2. The normalized spacial score (nSPS) is 16.3. The summed E-state index contributed by atoms with van der Waals surface area (Å²) in [5.41, 5.74) is 0. The highest BCUT2D eigenvalue weighted by molar-refractivity contribution is 7.89. The van der Waals surface area contributed by atoms with Gasteiger partial charge in [-0.15, -0.1) is 0 Å². The van der Waals surface area contributed by atoms with Gasteiger partial charge >= 0.3 is 0 Å². The van der Waals surface area contributed by atoms with Crippen molar-refractivity contribution in [3.63, 3.8) is 0 Å². The Bertz CT molecular complexity index is 1010. The molecule has 0 aromatic heterocycles. The van der Waals surface area contributed by atoms with Crippen molar-refractivity contribution in [3.8, 4) is 11.5 Å². The van der Waals surface area contributed by atoms with E-state index < -0.39 is 20.0 Å². The summed E-state index contributed by atoms with van der Waals surface area (Å²) in [7, 11) is -7.46. The van der Waals surface area contributed by atoms with Gasteiger partial charge in [-0.2, -0.15) is 8.61 Å². The second-order valence-corrected chi connectivity index (χ2v) is 11.7. The van der Waals surface area contributed by atoms with Gasteiger partial charge in [-0.3, -0.25) is 0 Å². The number of nitrogens with zero attached hydrogens (tertiary/aromatic N) is 2. The summed E-state index contributed by atoms with van der Waals surface area (Å²) in [4.78, 5) is 0.343. The first-order chi connectivity index (χ1) is 15.8. The molecule has 0 radical (unpaired) electrons. The van der Waals surface area contributed by atoms with Crippen LogP contribution in [-0.2, 0) is 20.0 Å². The second-order valence-electron chi connectivity index (χ2n) is 7.80. The van der Waals surface area contributed by atoms with Crippen LogP contribution in [0, 0.1) is 0 Å². The van der Waals surface area contributed by atoms with Gasteiger partial charge in [-0.25, -0.2) is 16.8 Å². The summed E-state index contributed by atoms with van der Waals surface area (Å²) in [5, 5.41) is 0. The molecule has 0 aliphatic carbocycles. The van der Waals surface area contributed by atoms with Crippen molar-refractivity contribution in [3.05, 3.63) is 48.5 Å². The number of rotatable bonds is 10. The lowest BCUT2D eigenvalue weighted by molar-refractivity contribution is 0.317. The summed E-state index contributed by atoms with van der Waals surface area (Å²) >= 11 is 0. The molecule has 10 heteroatoms. The van der Waals surface area contributed by atoms with Gasteiger partial charge in [0, 0.05) is 26.2 Å². The molecule has 2 aromatic rings. The Morgan fingerprint density at radius 3 is 1.33 bits per heavy atom. The minimum atomic E-state index is -3.73. The van der Waals surface area contributed by atoms with Crippen LogP contribution in [0.3, 0.4) is 0 Å². The van der Waals surface area contributed by atoms with Crippen LogP contribution in [0.4, 0.5) is 0 Å². The summed E-state index contributed by atoms with van der Waals surface area (Å²) in [6, 6.07) is 12.7. The summed E-state index contributed by atoms with van der Waals surface area (Å²) in [6.45, 7) is 5.82. The molecule has 1 heterocycles. The minimum absolute atomic E-state index is 0.0906. The zero-order chi connectivity index (χ0) is 23.9. The van der Waals surface area contributed by atoms with Crippen LogP contribution in [0.15, 0.2) is 58.3 Å². The van der Waals surface area contributed by atoms with Crippen molar-refractivity contribution in [2.75, 3.05) is 39.4 Å². The molecule has 2 aromatic carbocycles. The lowest BCUT2D eigenvalue weighted by Crippen LogP contribution is -2.37. The molecule has 1 aliphatic heterocycles. The lowest BCUT2D eigenvalue weighted by Gasteiger charge is -2.22. The Labute approximate surface area is 197 Å². The lowest BCUT2D eigenvalue weighted by atomic mass is 10.3. The Kier molecular flexibility index (Phi) is 8.75. The first kappa shape index (κ1) is 25.5. The zero-order valence-corrected chi connectivity index (χ0v) is 20.8. The maximum absolute atomic E-state index is 13.1. The molecule has 0 bridgehead atoms. The first-order valence-corrected chi connectivity index (χ1v) is 14.1. The number of benzene rings is 2. The van der Waals surface area contributed by atoms with Crippen LogP contribution in [0.2, 0.25) is 0 Å². The molecule has 1 fully saturated rings. The van der Waals surface area contributed by atoms with Crippen LogP contribution in [0.25, 0.3) is 0 Å². The largest absolute Gasteiger partial charge is 0.494 e. The number of hydrogen-bond acceptors (Lipinski definition) is 6. The molecule has 0 spiro atoms. The first-order valence-electron chi connectivity index (χ1n) is 11.2. The molecule has 1 saturated heterocycles. The van der Waals surface area contributed by atoms with Crippen LogP contribution in [0.5, 0.6) is 11.5 Å². The van der Waals surface area contributed by atoms with Crippen molar-refractivity contribution >= 4 is 20.0 Å². The standard InChI is InChI=1S/C23H32N2O6S2/c1-3-18-30-20-6-10-22(11-7-20)32(26,27)24-14-5-15-25(17-16-24)33(28,29)23-12-8-21(9-13-23)31-19-4-2/h6-13H,3-5,14-19H2,1-2H3. The maximum Gasteiger partial charge on any atom is 0.243 e. The fraction of sp³-hybridized carbons (Fsp3) is 0.478. The van der Waals surface area contributed by atoms with Gasteiger partial charge < -0.3 is 9.47 Å². The smallest absolute Gasteiger partial charge is 0.243 e. The summed E-state index contributed by atoms with van der Waals surface area (Å²) in [6.07, 6.45) is 2.14. The highest BCUT2D eigenvalue weighted by Gasteiger charge is 2.31. The monoisotopic (exact) mass is 496 g/mol. The van der Waals surface area contributed by atoms with E-state index in [1.807, 2.05) is 13.8 Å². The second kappa shape index (κ2) is 11.3. The third-order valence-electron chi connectivity index (χ3n) is 5.28. The van der Waals surface area contributed by atoms with Crippen molar-refractivity contribution < 1.29 is 26.3 Å². The van der Waals surface area contributed by atoms with E-state index in [0.29, 0.717) is 31.1 Å². The quantitative estimate of drug-likeness (QED) is 0.501. The Hall–Kier alpha value is -2.14. The van der Waals surface area contributed by atoms with E-state index in [1.54, 1.807) is 24.3 Å². The van der Waals surface area contributed by atoms with E-state index in [9.17, 15) is 16.8 Å². The van der Waals surface area contributed by atoms with Crippen LogP contribution < -0.4 is 9.47 Å². The zero-order valence-electron chi connectivity index (χ0n) is 19.1. The molecule has 0 saturated carbocycles. The van der Waals surface area contributed by atoms with Crippen LogP contribution in [-0.4, -0.2) is 64.8 Å². The molecule has 0 amide bonds. The molecule has 182 valence electrons. The van der Waals surface area contributed by atoms with Crippen LogP contribution >= 0.6 is 0 Å². The van der Waals surface area contributed by atoms with E-state index in [0.717, 1.165) is 12.8 Å². The van der Waals surface area contributed by atoms with Gasteiger partial charge in [-0.1, -0.05) is 13.8 Å². The molecule has 0 atom stereocenters. The van der Waals surface area contributed by atoms with E-state index in [-0.39, 0.29) is 36.0 Å². The van der Waals surface area contributed by atoms with Crippen molar-refractivity contribution in [1.29, 1.82) is 0 Å². The highest BCUT2D eigenvalue weighted by atomic mass is 32.2.